The highest BCUT2D eigenvalue weighted by Gasteiger charge is 2.24. The minimum absolute atomic E-state index is 0.00122. The Morgan fingerprint density at radius 3 is 2.19 bits per heavy atom. The van der Waals surface area contributed by atoms with E-state index in [2.05, 4.69) is 9.97 Å². The van der Waals surface area contributed by atoms with Gasteiger partial charge in [-0.05, 0) is 13.8 Å². The Balaban J connectivity index is 2.22. The molecule has 1 aliphatic rings. The Bertz CT molecular complexity index is 358. The summed E-state index contributed by atoms with van der Waals surface area (Å²) in [6.07, 6.45) is -0.00245. The van der Waals surface area contributed by atoms with Crippen LogP contribution in [0.4, 0.5) is 14.7 Å². The van der Waals surface area contributed by atoms with Crippen LogP contribution in [-0.2, 0) is 4.74 Å². The van der Waals surface area contributed by atoms with E-state index in [9.17, 15) is 8.78 Å². The lowest BCUT2D eigenvalue weighted by atomic mass is 10.2. The summed E-state index contributed by atoms with van der Waals surface area (Å²) in [5, 5.41) is 0. The van der Waals surface area contributed by atoms with Gasteiger partial charge in [-0.25, -0.2) is 0 Å². The van der Waals surface area contributed by atoms with E-state index in [4.69, 9.17) is 4.74 Å². The van der Waals surface area contributed by atoms with Gasteiger partial charge >= 0.3 is 0 Å². The fourth-order valence-corrected chi connectivity index (χ4v) is 1.86. The average molecular weight is 229 g/mol. The molecule has 0 radical (unpaired) electrons. The lowest BCUT2D eigenvalue weighted by Crippen LogP contribution is -2.46. The van der Waals surface area contributed by atoms with E-state index in [1.54, 1.807) is 4.90 Å². The summed E-state index contributed by atoms with van der Waals surface area (Å²) in [7, 11) is 0. The molecule has 0 unspecified atom stereocenters. The van der Waals surface area contributed by atoms with Crippen molar-refractivity contribution in [1.29, 1.82) is 0 Å². The molecule has 0 amide bonds. The first-order valence-corrected chi connectivity index (χ1v) is 5.15. The van der Waals surface area contributed by atoms with Crippen molar-refractivity contribution in [2.45, 2.75) is 26.1 Å². The van der Waals surface area contributed by atoms with Crippen molar-refractivity contribution in [2.75, 3.05) is 18.0 Å². The summed E-state index contributed by atoms with van der Waals surface area (Å²) in [5.74, 6) is -1.62. The number of hydrogen-bond donors (Lipinski definition) is 0. The normalized spacial score (nSPS) is 25.9. The molecular formula is C10H13F2N3O. The quantitative estimate of drug-likeness (QED) is 0.682. The summed E-state index contributed by atoms with van der Waals surface area (Å²) in [6.45, 7) is 4.87. The maximum atomic E-state index is 12.9. The lowest BCUT2D eigenvalue weighted by Gasteiger charge is -2.35. The predicted molar refractivity (Wildman–Crippen MR) is 54.2 cm³/mol. The minimum Gasteiger partial charge on any atom is -0.372 e. The number of hydrogen-bond acceptors (Lipinski definition) is 4. The molecule has 6 heteroatoms. The van der Waals surface area contributed by atoms with Gasteiger partial charge < -0.3 is 9.64 Å². The van der Waals surface area contributed by atoms with Crippen molar-refractivity contribution < 1.29 is 13.5 Å². The van der Waals surface area contributed by atoms with Gasteiger partial charge in [0.05, 0.1) is 12.2 Å². The maximum Gasteiger partial charge on any atom is 0.230 e. The third-order valence-electron chi connectivity index (χ3n) is 2.35. The number of anilines is 1. The van der Waals surface area contributed by atoms with E-state index >= 15 is 0 Å². The van der Waals surface area contributed by atoms with E-state index < -0.39 is 11.9 Å². The molecule has 0 aromatic carbocycles. The van der Waals surface area contributed by atoms with Crippen LogP contribution in [-0.4, -0.2) is 35.3 Å². The van der Waals surface area contributed by atoms with Crippen LogP contribution in [0.15, 0.2) is 6.07 Å². The fourth-order valence-electron chi connectivity index (χ4n) is 1.86. The van der Waals surface area contributed by atoms with Crippen LogP contribution in [0.2, 0.25) is 0 Å². The fraction of sp³-hybridized carbons (Fsp3) is 0.600. The number of halogens is 2. The van der Waals surface area contributed by atoms with E-state index in [1.165, 1.54) is 0 Å². The molecule has 1 aromatic heterocycles. The number of rotatable bonds is 1. The Morgan fingerprint density at radius 2 is 1.69 bits per heavy atom. The molecule has 1 aliphatic heterocycles. The molecule has 1 fully saturated rings. The van der Waals surface area contributed by atoms with Crippen LogP contribution in [0.3, 0.4) is 0 Å². The average Bonchev–Trinajstić information content (AvgIpc) is 2.14. The Hall–Kier alpha value is -1.30. The second-order valence-corrected chi connectivity index (χ2v) is 3.98. The van der Waals surface area contributed by atoms with Crippen LogP contribution >= 0.6 is 0 Å². The highest BCUT2D eigenvalue weighted by molar-refractivity contribution is 5.30. The zero-order chi connectivity index (χ0) is 11.7. The smallest absolute Gasteiger partial charge is 0.230 e. The van der Waals surface area contributed by atoms with E-state index in [0.29, 0.717) is 19.2 Å². The highest BCUT2D eigenvalue weighted by atomic mass is 19.1. The standard InChI is InChI=1S/C10H13F2N3O/c1-6-4-15(5-7(2)16-6)10-13-8(11)3-9(12)14-10/h3,6-7H,4-5H2,1-2H3/t6-,7+. The first-order chi connectivity index (χ1) is 7.54. The molecular weight excluding hydrogens is 216 g/mol. The van der Waals surface area contributed by atoms with Crippen molar-refractivity contribution in [2.24, 2.45) is 0 Å². The van der Waals surface area contributed by atoms with Crippen LogP contribution in [0.25, 0.3) is 0 Å². The van der Waals surface area contributed by atoms with E-state index in [1.807, 2.05) is 13.8 Å². The summed E-state index contributed by atoms with van der Waals surface area (Å²) in [4.78, 5) is 8.89. The second kappa shape index (κ2) is 4.29. The van der Waals surface area contributed by atoms with Crippen LogP contribution < -0.4 is 4.90 Å². The summed E-state index contributed by atoms with van der Waals surface area (Å²) >= 11 is 0. The third-order valence-corrected chi connectivity index (χ3v) is 2.35. The molecule has 1 aromatic rings. The topological polar surface area (TPSA) is 38.2 Å². The molecule has 88 valence electrons. The van der Waals surface area contributed by atoms with Gasteiger partial charge in [-0.1, -0.05) is 0 Å². The molecule has 0 N–H and O–H groups in total. The number of nitrogens with zero attached hydrogens (tertiary/aromatic N) is 3. The van der Waals surface area contributed by atoms with Crippen molar-refractivity contribution in [1.82, 2.24) is 9.97 Å². The summed E-state index contributed by atoms with van der Waals surface area (Å²) < 4.78 is 31.4. The molecule has 16 heavy (non-hydrogen) atoms. The molecule has 2 rings (SSSR count). The molecule has 0 bridgehead atoms. The first kappa shape index (κ1) is 11.2. The molecule has 0 saturated carbocycles. The Labute approximate surface area is 92.3 Å². The molecule has 2 atom stereocenters. The molecule has 0 spiro atoms. The third kappa shape index (κ3) is 2.44. The Kier molecular flexibility index (Phi) is 3.00. The van der Waals surface area contributed by atoms with Gasteiger partial charge in [-0.15, -0.1) is 0 Å². The van der Waals surface area contributed by atoms with E-state index in [0.717, 1.165) is 0 Å². The minimum atomic E-state index is -0.853. The number of ether oxygens (including phenoxy) is 1. The summed E-state index contributed by atoms with van der Waals surface area (Å²) in [5.41, 5.74) is 0. The number of aromatic nitrogens is 2. The van der Waals surface area contributed by atoms with Gasteiger partial charge in [0, 0.05) is 19.2 Å². The SMILES string of the molecule is C[C@@H]1CN(c2nc(F)cc(F)n2)C[C@H](C)O1. The van der Waals surface area contributed by atoms with Gasteiger partial charge in [0.1, 0.15) is 0 Å². The lowest BCUT2D eigenvalue weighted by molar-refractivity contribution is -0.00582. The monoisotopic (exact) mass is 229 g/mol. The molecule has 0 aliphatic carbocycles. The van der Waals surface area contributed by atoms with Crippen LogP contribution in [0, 0.1) is 11.9 Å². The van der Waals surface area contributed by atoms with Crippen LogP contribution in [0.5, 0.6) is 0 Å². The first-order valence-electron chi connectivity index (χ1n) is 5.15. The van der Waals surface area contributed by atoms with Crippen molar-refractivity contribution in [3.05, 3.63) is 18.0 Å². The maximum absolute atomic E-state index is 12.9. The van der Waals surface area contributed by atoms with Crippen LogP contribution in [0.1, 0.15) is 13.8 Å². The van der Waals surface area contributed by atoms with Gasteiger partial charge in [0.25, 0.3) is 0 Å². The second-order valence-electron chi connectivity index (χ2n) is 3.98. The molecule has 4 nitrogen and oxygen atoms in total. The zero-order valence-corrected chi connectivity index (χ0v) is 9.15. The Morgan fingerprint density at radius 1 is 1.19 bits per heavy atom. The van der Waals surface area contributed by atoms with Crippen molar-refractivity contribution in [3.63, 3.8) is 0 Å². The zero-order valence-electron chi connectivity index (χ0n) is 9.15. The largest absolute Gasteiger partial charge is 0.372 e. The number of morpholine rings is 1. The summed E-state index contributed by atoms with van der Waals surface area (Å²) in [6, 6.07) is 0.663. The van der Waals surface area contributed by atoms with Crippen molar-refractivity contribution >= 4 is 5.95 Å². The van der Waals surface area contributed by atoms with E-state index in [-0.39, 0.29) is 18.2 Å². The van der Waals surface area contributed by atoms with Gasteiger partial charge in [-0.2, -0.15) is 18.7 Å². The molecule has 2 heterocycles. The van der Waals surface area contributed by atoms with Gasteiger partial charge in [0.2, 0.25) is 17.8 Å². The predicted octanol–water partition coefficient (Wildman–Crippen LogP) is 1.37. The van der Waals surface area contributed by atoms with Gasteiger partial charge in [-0.3, -0.25) is 0 Å². The molecule has 1 saturated heterocycles. The van der Waals surface area contributed by atoms with Crippen molar-refractivity contribution in [3.8, 4) is 0 Å². The highest BCUT2D eigenvalue weighted by Crippen LogP contribution is 2.16. The van der Waals surface area contributed by atoms with Gasteiger partial charge in [0.15, 0.2) is 0 Å².